The molecule has 5 rings (SSSR count). The van der Waals surface area contributed by atoms with Gasteiger partial charge in [0.25, 0.3) is 0 Å². The predicted molar refractivity (Wildman–Crippen MR) is 142 cm³/mol. The zero-order valence-corrected chi connectivity index (χ0v) is 20.9. The molecule has 8 heteroatoms. The molecule has 0 fully saturated rings. The van der Waals surface area contributed by atoms with Crippen molar-refractivity contribution >= 4 is 33.8 Å². The minimum atomic E-state index is -4.49. The van der Waals surface area contributed by atoms with E-state index in [0.29, 0.717) is 17.5 Å². The highest BCUT2D eigenvalue weighted by atomic mass is 19.4. The van der Waals surface area contributed by atoms with Crippen LogP contribution in [0.5, 0.6) is 0 Å². The summed E-state index contributed by atoms with van der Waals surface area (Å²) in [5.41, 5.74) is 3.60. The van der Waals surface area contributed by atoms with Gasteiger partial charge >= 0.3 is 18.1 Å². The summed E-state index contributed by atoms with van der Waals surface area (Å²) in [5.74, 6) is -2.76. The number of alkyl halides is 3. The van der Waals surface area contributed by atoms with E-state index in [-0.39, 0.29) is 6.54 Å². The number of aliphatic carboxylic acids is 1. The second kappa shape index (κ2) is 10.3. The fourth-order valence-electron chi connectivity index (χ4n) is 4.94. The molecule has 0 aliphatic rings. The highest BCUT2D eigenvalue weighted by Gasteiger charge is 2.32. The normalized spacial score (nSPS) is 12.5. The molecule has 0 aliphatic carbocycles. The van der Waals surface area contributed by atoms with Crippen molar-refractivity contribution in [3.63, 3.8) is 0 Å². The van der Waals surface area contributed by atoms with Crippen LogP contribution < -0.4 is 0 Å². The molecule has 0 saturated carbocycles. The first kappa shape index (κ1) is 26.0. The minimum absolute atomic E-state index is 0.0280. The number of hydrogen-bond acceptors (Lipinski definition) is 3. The van der Waals surface area contributed by atoms with E-state index in [1.165, 1.54) is 17.0 Å². The van der Waals surface area contributed by atoms with Gasteiger partial charge in [0, 0.05) is 22.9 Å². The average Bonchev–Trinajstić information content (AvgIpc) is 3.32. The molecule has 0 aliphatic heterocycles. The zero-order valence-electron chi connectivity index (χ0n) is 20.9. The van der Waals surface area contributed by atoms with E-state index in [9.17, 15) is 27.9 Å². The van der Waals surface area contributed by atoms with Crippen molar-refractivity contribution in [1.29, 1.82) is 0 Å². The lowest BCUT2D eigenvalue weighted by Crippen LogP contribution is -2.38. The highest BCUT2D eigenvalue weighted by molar-refractivity contribution is 6.31. The molecule has 0 saturated heterocycles. The maximum absolute atomic E-state index is 13.0. The molecule has 1 unspecified atom stereocenters. The number of carboxylic acids is 1. The first-order valence-electron chi connectivity index (χ1n) is 12.4. The van der Waals surface area contributed by atoms with Crippen molar-refractivity contribution in [2.24, 2.45) is 0 Å². The van der Waals surface area contributed by atoms with Crippen LogP contribution in [0.4, 0.5) is 13.2 Å². The molecule has 0 bridgehead atoms. The van der Waals surface area contributed by atoms with E-state index in [2.05, 4.69) is 0 Å². The van der Waals surface area contributed by atoms with Gasteiger partial charge in [-0.05, 0) is 41.3 Å². The molecule has 1 atom stereocenters. The Kier molecular flexibility index (Phi) is 6.87. The highest BCUT2D eigenvalue weighted by Crippen LogP contribution is 2.36. The van der Waals surface area contributed by atoms with Crippen LogP contribution in [0.15, 0.2) is 95.4 Å². The summed E-state index contributed by atoms with van der Waals surface area (Å²) in [5, 5.41) is 11.5. The van der Waals surface area contributed by atoms with Gasteiger partial charge in [-0.3, -0.25) is 4.79 Å². The van der Waals surface area contributed by atoms with Gasteiger partial charge in [-0.2, -0.15) is 13.2 Å². The number of carbonyl (C=O) groups excluding carboxylic acids is 1. The largest absolute Gasteiger partial charge is 0.474 e. The number of carbonyl (C=O) groups is 2. The Bertz CT molecular complexity index is 1650. The van der Waals surface area contributed by atoms with Crippen molar-refractivity contribution in [2.75, 3.05) is 0 Å². The molecular formula is C31H24F3NO4. The summed E-state index contributed by atoms with van der Waals surface area (Å²) < 4.78 is 45.2. The Morgan fingerprint density at radius 1 is 0.872 bits per heavy atom. The smallest absolute Gasteiger partial charge is 0.416 e. The Balaban J connectivity index is 1.45. The lowest BCUT2D eigenvalue weighted by atomic mass is 9.98. The van der Waals surface area contributed by atoms with Gasteiger partial charge in [0.15, 0.2) is 0 Å². The number of furan rings is 1. The molecule has 1 amide bonds. The molecular weight excluding hydrogens is 507 g/mol. The molecule has 1 heterocycles. The Morgan fingerprint density at radius 2 is 1.54 bits per heavy atom. The SMILES string of the molecule is CCC(c1ccc(C(F)(F)F)cc1)N(Cc1ccc(-c2cccc3c2oc2ccccc23)cc1)C(=O)C(=O)O. The maximum Gasteiger partial charge on any atom is 0.416 e. The zero-order chi connectivity index (χ0) is 27.7. The molecule has 5 aromatic rings. The number of para-hydroxylation sites is 2. The number of halogens is 3. The van der Waals surface area contributed by atoms with Crippen LogP contribution in [0.2, 0.25) is 0 Å². The quantitative estimate of drug-likeness (QED) is 0.227. The fourth-order valence-corrected chi connectivity index (χ4v) is 4.94. The first-order valence-corrected chi connectivity index (χ1v) is 12.4. The van der Waals surface area contributed by atoms with Crippen molar-refractivity contribution in [1.82, 2.24) is 4.90 Å². The number of rotatable bonds is 6. The van der Waals surface area contributed by atoms with E-state index in [1.54, 1.807) is 19.1 Å². The Labute approximate surface area is 222 Å². The lowest BCUT2D eigenvalue weighted by molar-refractivity contribution is -0.157. The number of hydrogen-bond donors (Lipinski definition) is 1. The molecule has 5 nitrogen and oxygen atoms in total. The van der Waals surface area contributed by atoms with Gasteiger partial charge in [0.2, 0.25) is 0 Å². The number of amides is 1. The maximum atomic E-state index is 13.0. The third-order valence-electron chi connectivity index (χ3n) is 6.85. The van der Waals surface area contributed by atoms with E-state index >= 15 is 0 Å². The molecule has 39 heavy (non-hydrogen) atoms. The number of fused-ring (bicyclic) bond motifs is 3. The summed E-state index contributed by atoms with van der Waals surface area (Å²) in [4.78, 5) is 25.5. The Hall–Kier alpha value is -4.59. The van der Waals surface area contributed by atoms with Gasteiger partial charge in [-0.25, -0.2) is 4.79 Å². The van der Waals surface area contributed by atoms with Crippen LogP contribution in [0.3, 0.4) is 0 Å². The summed E-state index contributed by atoms with van der Waals surface area (Å²) in [6.45, 7) is 1.72. The summed E-state index contributed by atoms with van der Waals surface area (Å²) in [6.07, 6.45) is -4.18. The van der Waals surface area contributed by atoms with Gasteiger partial charge in [0.1, 0.15) is 11.2 Å². The first-order chi connectivity index (χ1) is 18.7. The monoisotopic (exact) mass is 531 g/mol. The van der Waals surface area contributed by atoms with Gasteiger partial charge in [-0.15, -0.1) is 0 Å². The third-order valence-corrected chi connectivity index (χ3v) is 6.85. The summed E-state index contributed by atoms with van der Waals surface area (Å²) in [6, 6.07) is 24.8. The van der Waals surface area contributed by atoms with Crippen LogP contribution in [0.1, 0.15) is 36.1 Å². The summed E-state index contributed by atoms with van der Waals surface area (Å²) in [7, 11) is 0. The van der Waals surface area contributed by atoms with Gasteiger partial charge in [0.05, 0.1) is 11.6 Å². The van der Waals surface area contributed by atoms with E-state index in [0.717, 1.165) is 45.2 Å². The van der Waals surface area contributed by atoms with Crippen LogP contribution >= 0.6 is 0 Å². The molecule has 198 valence electrons. The topological polar surface area (TPSA) is 70.8 Å². The second-order valence-electron chi connectivity index (χ2n) is 9.26. The van der Waals surface area contributed by atoms with E-state index in [4.69, 9.17) is 4.42 Å². The standard InChI is InChI=1S/C31H24F3NO4/c1-2-26(21-14-16-22(17-15-21)31(32,33)34)35(29(36)30(37)38)18-19-10-12-20(13-11-19)23-7-5-8-25-24-6-3-4-9-27(24)39-28(23)25/h3-17,26H,2,18H2,1H3,(H,37,38). The lowest BCUT2D eigenvalue weighted by Gasteiger charge is -2.30. The van der Waals surface area contributed by atoms with Crippen molar-refractivity contribution in [3.05, 3.63) is 108 Å². The molecule has 1 N–H and O–H groups in total. The van der Waals surface area contributed by atoms with E-state index < -0.39 is 29.7 Å². The van der Waals surface area contributed by atoms with Gasteiger partial charge < -0.3 is 14.4 Å². The van der Waals surface area contributed by atoms with Crippen LogP contribution in [-0.4, -0.2) is 21.9 Å². The number of carboxylic acid groups (broad SMARTS) is 1. The van der Waals surface area contributed by atoms with Crippen LogP contribution in [0, 0.1) is 0 Å². The predicted octanol–water partition coefficient (Wildman–Crippen LogP) is 7.84. The van der Waals surface area contributed by atoms with Crippen LogP contribution in [-0.2, 0) is 22.3 Å². The molecule has 1 aromatic heterocycles. The molecule has 0 radical (unpaired) electrons. The minimum Gasteiger partial charge on any atom is -0.474 e. The van der Waals surface area contributed by atoms with Crippen molar-refractivity contribution < 1.29 is 32.3 Å². The van der Waals surface area contributed by atoms with Crippen molar-refractivity contribution in [3.8, 4) is 11.1 Å². The van der Waals surface area contributed by atoms with Crippen LogP contribution in [0.25, 0.3) is 33.1 Å². The number of benzene rings is 4. The molecule has 4 aromatic carbocycles. The second-order valence-corrected chi connectivity index (χ2v) is 9.26. The average molecular weight is 532 g/mol. The number of nitrogens with zero attached hydrogens (tertiary/aromatic N) is 1. The Morgan fingerprint density at radius 3 is 2.18 bits per heavy atom. The summed E-state index contributed by atoms with van der Waals surface area (Å²) >= 11 is 0. The van der Waals surface area contributed by atoms with Crippen molar-refractivity contribution in [2.45, 2.75) is 32.1 Å². The van der Waals surface area contributed by atoms with Gasteiger partial charge in [-0.1, -0.05) is 79.7 Å². The fraction of sp³-hybridized carbons (Fsp3) is 0.161. The molecule has 0 spiro atoms. The third kappa shape index (κ3) is 5.10. The van der Waals surface area contributed by atoms with E-state index in [1.807, 2.05) is 54.6 Å².